The van der Waals surface area contributed by atoms with E-state index < -0.39 is 17.7 Å². The highest BCUT2D eigenvalue weighted by Crippen LogP contribution is 2.49. The lowest BCUT2D eigenvalue weighted by molar-refractivity contribution is 0.0750. The van der Waals surface area contributed by atoms with Crippen molar-refractivity contribution in [1.29, 1.82) is 0 Å². The van der Waals surface area contributed by atoms with Crippen LogP contribution >= 0.6 is 0 Å². The molecule has 2 aliphatic rings. The predicted octanol–water partition coefficient (Wildman–Crippen LogP) is 3.30. The Morgan fingerprint density at radius 2 is 2.00 bits per heavy atom. The molecule has 1 nitrogen and oxygen atoms in total. The van der Waals surface area contributed by atoms with Crippen LogP contribution in [0.4, 0.5) is 8.78 Å². The van der Waals surface area contributed by atoms with Crippen LogP contribution in [-0.2, 0) is 6.42 Å². The molecule has 1 aromatic carbocycles. The van der Waals surface area contributed by atoms with Crippen LogP contribution < -0.4 is 0 Å². The lowest BCUT2D eigenvalue weighted by Gasteiger charge is -2.26. The van der Waals surface area contributed by atoms with Crippen LogP contribution in [0.3, 0.4) is 0 Å². The zero-order valence-electron chi connectivity index (χ0n) is 10.3. The molecule has 0 saturated heterocycles. The van der Waals surface area contributed by atoms with Gasteiger partial charge in [-0.1, -0.05) is 12.5 Å². The van der Waals surface area contributed by atoms with Gasteiger partial charge in [0, 0.05) is 0 Å². The minimum absolute atomic E-state index is 0.358. The van der Waals surface area contributed by atoms with Crippen molar-refractivity contribution < 1.29 is 13.9 Å². The molecule has 2 fully saturated rings. The van der Waals surface area contributed by atoms with Crippen LogP contribution in [-0.4, -0.2) is 11.2 Å². The standard InChI is InChI=1S/C15H18F2O/c16-13-4-2-10(7-14(13)17)8-15(18)12-6-9-1-3-11(12)5-9/h2,4,7,9,11-12,15,18H,1,3,5-6,8H2. The van der Waals surface area contributed by atoms with Crippen LogP contribution in [0.1, 0.15) is 31.2 Å². The van der Waals surface area contributed by atoms with Gasteiger partial charge in [-0.3, -0.25) is 0 Å². The molecular weight excluding hydrogens is 234 g/mol. The lowest BCUT2D eigenvalue weighted by atomic mass is 9.82. The maximum atomic E-state index is 13.1. The number of rotatable bonds is 3. The van der Waals surface area contributed by atoms with Crippen molar-refractivity contribution in [2.24, 2.45) is 17.8 Å². The summed E-state index contributed by atoms with van der Waals surface area (Å²) in [6, 6.07) is 3.90. The molecule has 2 bridgehead atoms. The summed E-state index contributed by atoms with van der Waals surface area (Å²) in [6.45, 7) is 0. The maximum absolute atomic E-state index is 13.1. The monoisotopic (exact) mass is 252 g/mol. The second-order valence-corrected chi connectivity index (χ2v) is 5.86. The summed E-state index contributed by atoms with van der Waals surface area (Å²) in [5.74, 6) is 0.146. The van der Waals surface area contributed by atoms with Crippen molar-refractivity contribution in [1.82, 2.24) is 0 Å². The van der Waals surface area contributed by atoms with Gasteiger partial charge < -0.3 is 5.11 Å². The van der Waals surface area contributed by atoms with Gasteiger partial charge in [0.05, 0.1) is 6.10 Å². The molecule has 2 saturated carbocycles. The quantitative estimate of drug-likeness (QED) is 0.875. The summed E-state index contributed by atoms with van der Waals surface area (Å²) in [7, 11) is 0. The Kier molecular flexibility index (Phi) is 3.10. The fourth-order valence-electron chi connectivity index (χ4n) is 3.82. The van der Waals surface area contributed by atoms with Gasteiger partial charge in [-0.15, -0.1) is 0 Å². The molecule has 3 heteroatoms. The van der Waals surface area contributed by atoms with E-state index in [-0.39, 0.29) is 0 Å². The summed E-state index contributed by atoms with van der Waals surface area (Å²) in [5.41, 5.74) is 0.684. The lowest BCUT2D eigenvalue weighted by Crippen LogP contribution is -2.27. The van der Waals surface area contributed by atoms with Crippen molar-refractivity contribution in [2.75, 3.05) is 0 Å². The minimum Gasteiger partial charge on any atom is -0.392 e. The summed E-state index contributed by atoms with van der Waals surface area (Å²) >= 11 is 0. The molecule has 98 valence electrons. The third kappa shape index (κ3) is 2.16. The summed E-state index contributed by atoms with van der Waals surface area (Å²) in [5, 5.41) is 10.3. The van der Waals surface area contributed by atoms with Gasteiger partial charge in [-0.05, 0) is 61.1 Å². The van der Waals surface area contributed by atoms with Crippen LogP contribution in [0.5, 0.6) is 0 Å². The number of halogens is 2. The molecule has 1 N–H and O–H groups in total. The molecule has 3 rings (SSSR count). The van der Waals surface area contributed by atoms with Gasteiger partial charge in [0.15, 0.2) is 11.6 Å². The topological polar surface area (TPSA) is 20.2 Å². The molecule has 0 aliphatic heterocycles. The Labute approximate surface area is 106 Å². The number of fused-ring (bicyclic) bond motifs is 2. The molecule has 0 heterocycles. The Morgan fingerprint density at radius 3 is 2.61 bits per heavy atom. The molecule has 0 spiro atoms. The molecular formula is C15H18F2O. The first kappa shape index (κ1) is 12.1. The maximum Gasteiger partial charge on any atom is 0.159 e. The van der Waals surface area contributed by atoms with Crippen LogP contribution in [0.25, 0.3) is 0 Å². The van der Waals surface area contributed by atoms with Crippen molar-refractivity contribution in [3.63, 3.8) is 0 Å². The number of hydrogen-bond donors (Lipinski definition) is 1. The average Bonchev–Trinajstić information content (AvgIpc) is 2.96. The fourth-order valence-corrected chi connectivity index (χ4v) is 3.82. The van der Waals surface area contributed by atoms with Gasteiger partial charge in [-0.25, -0.2) is 8.78 Å². The molecule has 0 amide bonds. The van der Waals surface area contributed by atoms with Crippen molar-refractivity contribution >= 4 is 0 Å². The molecule has 18 heavy (non-hydrogen) atoms. The first-order chi connectivity index (χ1) is 8.63. The zero-order valence-corrected chi connectivity index (χ0v) is 10.3. The Balaban J connectivity index is 1.67. The number of aliphatic hydroxyl groups is 1. The molecule has 1 aromatic rings. The normalized spacial score (nSPS) is 31.8. The van der Waals surface area contributed by atoms with Crippen LogP contribution in [0.15, 0.2) is 18.2 Å². The average molecular weight is 252 g/mol. The van der Waals surface area contributed by atoms with E-state index in [2.05, 4.69) is 0 Å². The van der Waals surface area contributed by atoms with E-state index in [1.807, 2.05) is 0 Å². The predicted molar refractivity (Wildman–Crippen MR) is 65.0 cm³/mol. The molecule has 0 radical (unpaired) electrons. The molecule has 0 aromatic heterocycles. The second-order valence-electron chi connectivity index (χ2n) is 5.86. The van der Waals surface area contributed by atoms with Gasteiger partial charge in [0.2, 0.25) is 0 Å². The third-order valence-corrected chi connectivity index (χ3v) is 4.72. The van der Waals surface area contributed by atoms with E-state index in [1.54, 1.807) is 6.07 Å². The third-order valence-electron chi connectivity index (χ3n) is 4.72. The Bertz CT molecular complexity index is 446. The van der Waals surface area contributed by atoms with E-state index in [0.717, 1.165) is 18.4 Å². The minimum atomic E-state index is -0.826. The summed E-state index contributed by atoms with van der Waals surface area (Å²) in [4.78, 5) is 0. The zero-order chi connectivity index (χ0) is 12.7. The largest absolute Gasteiger partial charge is 0.392 e. The number of benzene rings is 1. The smallest absolute Gasteiger partial charge is 0.159 e. The van der Waals surface area contributed by atoms with Crippen molar-refractivity contribution in [2.45, 2.75) is 38.2 Å². The SMILES string of the molecule is OC(Cc1ccc(F)c(F)c1)C1CC2CCC1C2. The van der Waals surface area contributed by atoms with Gasteiger partial charge in [0.1, 0.15) is 0 Å². The van der Waals surface area contributed by atoms with Crippen LogP contribution in [0, 0.1) is 29.4 Å². The highest BCUT2D eigenvalue weighted by molar-refractivity contribution is 5.19. The summed E-state index contributed by atoms with van der Waals surface area (Å²) in [6.07, 6.45) is 4.91. The second kappa shape index (κ2) is 4.61. The first-order valence-corrected chi connectivity index (χ1v) is 6.75. The van der Waals surface area contributed by atoms with E-state index in [9.17, 15) is 13.9 Å². The van der Waals surface area contributed by atoms with E-state index in [1.165, 1.54) is 25.3 Å². The van der Waals surface area contributed by atoms with Crippen molar-refractivity contribution in [3.8, 4) is 0 Å². The Hall–Kier alpha value is -0.960. The summed E-state index contributed by atoms with van der Waals surface area (Å²) < 4.78 is 25.9. The van der Waals surface area contributed by atoms with Gasteiger partial charge in [0.25, 0.3) is 0 Å². The van der Waals surface area contributed by atoms with Crippen LogP contribution in [0.2, 0.25) is 0 Å². The first-order valence-electron chi connectivity index (χ1n) is 6.75. The highest BCUT2D eigenvalue weighted by atomic mass is 19.2. The number of aliphatic hydroxyl groups excluding tert-OH is 1. The Morgan fingerprint density at radius 1 is 1.17 bits per heavy atom. The fraction of sp³-hybridized carbons (Fsp3) is 0.600. The van der Waals surface area contributed by atoms with Gasteiger partial charge in [-0.2, -0.15) is 0 Å². The van der Waals surface area contributed by atoms with E-state index >= 15 is 0 Å². The molecule has 4 atom stereocenters. The van der Waals surface area contributed by atoms with Crippen molar-refractivity contribution in [3.05, 3.63) is 35.4 Å². The van der Waals surface area contributed by atoms with Gasteiger partial charge >= 0.3 is 0 Å². The molecule has 2 aliphatic carbocycles. The molecule has 4 unspecified atom stereocenters. The van der Waals surface area contributed by atoms with E-state index in [0.29, 0.717) is 23.8 Å². The number of hydrogen-bond acceptors (Lipinski definition) is 1. The highest BCUT2D eigenvalue weighted by Gasteiger charge is 2.42. The van der Waals surface area contributed by atoms with E-state index in [4.69, 9.17) is 0 Å².